The average Bonchev–Trinajstić information content (AvgIpc) is 2.39. The van der Waals surface area contributed by atoms with Crippen LogP contribution in [-0.2, 0) is 4.84 Å². The van der Waals surface area contributed by atoms with Crippen molar-refractivity contribution in [3.8, 4) is 0 Å². The van der Waals surface area contributed by atoms with Crippen molar-refractivity contribution in [3.63, 3.8) is 0 Å². The van der Waals surface area contributed by atoms with Crippen LogP contribution in [0.1, 0.15) is 25.7 Å². The predicted octanol–water partition coefficient (Wildman–Crippen LogP) is 3.39. The van der Waals surface area contributed by atoms with Gasteiger partial charge in [-0.3, -0.25) is 0 Å². The molecule has 1 saturated carbocycles. The van der Waals surface area contributed by atoms with Gasteiger partial charge in [0.1, 0.15) is 0 Å². The van der Waals surface area contributed by atoms with Crippen molar-refractivity contribution >= 4 is 56.4 Å². The van der Waals surface area contributed by atoms with E-state index in [1.54, 1.807) is 0 Å². The van der Waals surface area contributed by atoms with Gasteiger partial charge in [0.05, 0.1) is 16.5 Å². The van der Waals surface area contributed by atoms with E-state index in [1.165, 1.54) is 0 Å². The molecule has 1 heterocycles. The van der Waals surface area contributed by atoms with E-state index in [-0.39, 0.29) is 10.7 Å². The van der Waals surface area contributed by atoms with Gasteiger partial charge in [-0.05, 0) is 12.8 Å². The van der Waals surface area contributed by atoms with Crippen LogP contribution in [0.3, 0.4) is 0 Å². The standard InChI is InChI=1S/C9H11BrCl3NO2/c10-6-4-2-1-3-5-7(6)14-16-8(5,15)9(11,12)13/h5-6,15H,1-4H2/t5-,6+,8-/m0/s1. The molecule has 2 aliphatic rings. The third-order valence-electron chi connectivity index (χ3n) is 3.05. The van der Waals surface area contributed by atoms with E-state index in [4.69, 9.17) is 39.6 Å². The van der Waals surface area contributed by atoms with Crippen molar-refractivity contribution in [2.75, 3.05) is 0 Å². The first-order valence-electron chi connectivity index (χ1n) is 5.05. The Morgan fingerprint density at radius 3 is 2.62 bits per heavy atom. The molecule has 7 heteroatoms. The first-order chi connectivity index (χ1) is 7.36. The lowest BCUT2D eigenvalue weighted by molar-refractivity contribution is -0.205. The van der Waals surface area contributed by atoms with Gasteiger partial charge in [0.15, 0.2) is 0 Å². The molecule has 1 fully saturated rings. The first kappa shape index (κ1) is 13.2. The second kappa shape index (κ2) is 4.47. The Bertz CT molecular complexity index is 320. The van der Waals surface area contributed by atoms with E-state index in [2.05, 4.69) is 21.1 Å². The maximum atomic E-state index is 10.3. The quantitative estimate of drug-likeness (QED) is 0.680. The summed E-state index contributed by atoms with van der Waals surface area (Å²) < 4.78 is -1.90. The lowest BCUT2D eigenvalue weighted by atomic mass is 9.90. The smallest absolute Gasteiger partial charge is 0.290 e. The maximum Gasteiger partial charge on any atom is 0.290 e. The number of hydrogen-bond donors (Lipinski definition) is 1. The SMILES string of the molecule is O[C@]1(C(Cl)(Cl)Cl)ON=C2[C@H](Br)CCCC[C@@H]21. The Labute approximate surface area is 117 Å². The van der Waals surface area contributed by atoms with E-state index in [1.807, 2.05) is 0 Å². The van der Waals surface area contributed by atoms with Crippen LogP contribution >= 0.6 is 50.7 Å². The zero-order valence-corrected chi connectivity index (χ0v) is 12.2. The Balaban J connectivity index is 2.30. The van der Waals surface area contributed by atoms with E-state index in [0.717, 1.165) is 25.0 Å². The summed E-state index contributed by atoms with van der Waals surface area (Å²) in [5.41, 5.74) is 0.742. The summed E-state index contributed by atoms with van der Waals surface area (Å²) in [6.45, 7) is 0. The molecule has 1 aliphatic carbocycles. The average molecular weight is 351 g/mol. The number of oxime groups is 1. The number of hydrogen-bond acceptors (Lipinski definition) is 3. The number of fused-ring (bicyclic) bond motifs is 1. The molecular formula is C9H11BrCl3NO2. The molecule has 92 valence electrons. The van der Waals surface area contributed by atoms with Crippen molar-refractivity contribution in [2.24, 2.45) is 11.1 Å². The van der Waals surface area contributed by atoms with Crippen molar-refractivity contribution in [3.05, 3.63) is 0 Å². The van der Waals surface area contributed by atoms with Crippen LogP contribution in [-0.4, -0.2) is 25.2 Å². The van der Waals surface area contributed by atoms with Crippen molar-refractivity contribution in [1.82, 2.24) is 0 Å². The van der Waals surface area contributed by atoms with Gasteiger partial charge in [-0.2, -0.15) is 0 Å². The Morgan fingerprint density at radius 2 is 2.00 bits per heavy atom. The van der Waals surface area contributed by atoms with Crippen LogP contribution in [0.2, 0.25) is 0 Å². The van der Waals surface area contributed by atoms with Crippen LogP contribution < -0.4 is 0 Å². The molecule has 0 aromatic rings. The number of alkyl halides is 4. The molecular weight excluding hydrogens is 340 g/mol. The normalized spacial score (nSPS) is 39.7. The topological polar surface area (TPSA) is 41.8 Å². The molecule has 0 unspecified atom stereocenters. The second-order valence-electron chi connectivity index (χ2n) is 4.11. The van der Waals surface area contributed by atoms with Gasteiger partial charge >= 0.3 is 0 Å². The molecule has 0 aromatic heterocycles. The molecule has 0 amide bonds. The summed E-state index contributed by atoms with van der Waals surface area (Å²) in [6, 6.07) is 0. The minimum Gasteiger partial charge on any atom is -0.355 e. The van der Waals surface area contributed by atoms with E-state index in [0.29, 0.717) is 6.42 Å². The highest BCUT2D eigenvalue weighted by Gasteiger charge is 2.61. The van der Waals surface area contributed by atoms with Crippen LogP contribution in [0.4, 0.5) is 0 Å². The van der Waals surface area contributed by atoms with Gasteiger partial charge in [0.2, 0.25) is 0 Å². The number of nitrogens with zero attached hydrogens (tertiary/aromatic N) is 1. The molecule has 3 nitrogen and oxygen atoms in total. The molecule has 0 radical (unpaired) electrons. The summed E-state index contributed by atoms with van der Waals surface area (Å²) in [7, 11) is 0. The van der Waals surface area contributed by atoms with Gasteiger partial charge in [-0.1, -0.05) is 68.7 Å². The highest BCUT2D eigenvalue weighted by Crippen LogP contribution is 2.50. The predicted molar refractivity (Wildman–Crippen MR) is 68.4 cm³/mol. The van der Waals surface area contributed by atoms with Crippen molar-refractivity contribution in [1.29, 1.82) is 0 Å². The number of rotatable bonds is 0. The van der Waals surface area contributed by atoms with Gasteiger partial charge in [0.25, 0.3) is 9.58 Å². The molecule has 2 rings (SSSR count). The molecule has 1 N–H and O–H groups in total. The fourth-order valence-electron chi connectivity index (χ4n) is 2.14. The highest BCUT2D eigenvalue weighted by atomic mass is 79.9. The molecule has 0 saturated heterocycles. The van der Waals surface area contributed by atoms with Crippen molar-refractivity contribution in [2.45, 2.75) is 40.1 Å². The summed E-state index contributed by atoms with van der Waals surface area (Å²) in [6.07, 6.45) is 3.68. The largest absolute Gasteiger partial charge is 0.355 e. The van der Waals surface area contributed by atoms with Gasteiger partial charge in [0, 0.05) is 0 Å². The van der Waals surface area contributed by atoms with E-state index < -0.39 is 9.58 Å². The Hall–Kier alpha value is 0.780. The maximum absolute atomic E-state index is 10.3. The number of halogens is 4. The van der Waals surface area contributed by atoms with Crippen LogP contribution in [0.5, 0.6) is 0 Å². The zero-order valence-electron chi connectivity index (χ0n) is 8.30. The lowest BCUT2D eigenvalue weighted by Crippen LogP contribution is -2.50. The van der Waals surface area contributed by atoms with Crippen molar-refractivity contribution < 1.29 is 9.94 Å². The van der Waals surface area contributed by atoms with E-state index in [9.17, 15) is 5.11 Å². The highest BCUT2D eigenvalue weighted by molar-refractivity contribution is 9.10. The Kier molecular flexibility index (Phi) is 3.69. The summed E-state index contributed by atoms with van der Waals surface area (Å²) >= 11 is 20.8. The number of aliphatic hydroxyl groups is 1. The monoisotopic (exact) mass is 349 g/mol. The van der Waals surface area contributed by atoms with E-state index >= 15 is 0 Å². The fraction of sp³-hybridized carbons (Fsp3) is 0.889. The van der Waals surface area contributed by atoms with Gasteiger partial charge < -0.3 is 9.94 Å². The van der Waals surface area contributed by atoms with Crippen LogP contribution in [0, 0.1) is 5.92 Å². The fourth-order valence-corrected chi connectivity index (χ4v) is 3.36. The molecule has 1 aliphatic heterocycles. The zero-order chi connectivity index (χ0) is 12.0. The molecule has 0 spiro atoms. The molecule has 0 bridgehead atoms. The lowest BCUT2D eigenvalue weighted by Gasteiger charge is -2.33. The first-order valence-corrected chi connectivity index (χ1v) is 7.10. The van der Waals surface area contributed by atoms with Gasteiger partial charge in [-0.25, -0.2) is 0 Å². The minimum atomic E-state index is -1.90. The summed E-state index contributed by atoms with van der Waals surface area (Å²) in [5.74, 6) is -2.20. The molecule has 3 atom stereocenters. The summed E-state index contributed by atoms with van der Waals surface area (Å²) in [5, 5.41) is 14.2. The molecule has 16 heavy (non-hydrogen) atoms. The van der Waals surface area contributed by atoms with Crippen LogP contribution in [0.25, 0.3) is 0 Å². The second-order valence-corrected chi connectivity index (χ2v) is 7.49. The van der Waals surface area contributed by atoms with Gasteiger partial charge in [-0.15, -0.1) is 0 Å². The summed E-state index contributed by atoms with van der Waals surface area (Å²) in [4.78, 5) is 5.08. The van der Waals surface area contributed by atoms with Crippen LogP contribution in [0.15, 0.2) is 5.16 Å². The third-order valence-corrected chi connectivity index (χ3v) is 4.79. The minimum absolute atomic E-state index is 0.0846. The Morgan fingerprint density at radius 1 is 1.38 bits per heavy atom. The third kappa shape index (κ3) is 2.07. The molecule has 0 aromatic carbocycles.